The number of rotatable bonds is 4. The molecule has 0 amide bonds. The second kappa shape index (κ2) is 7.61. The number of hydrogen-bond donors (Lipinski definition) is 0. The molecule has 3 heteroatoms. The Balaban J connectivity index is 1.24. The molecule has 1 unspecified atom stereocenters. The van der Waals surface area contributed by atoms with Crippen molar-refractivity contribution in [3.63, 3.8) is 0 Å². The Morgan fingerprint density at radius 1 is 0.929 bits per heavy atom. The summed E-state index contributed by atoms with van der Waals surface area (Å²) in [7, 11) is 0. The lowest BCUT2D eigenvalue weighted by molar-refractivity contribution is -0.112. The zero-order chi connectivity index (χ0) is 19.0. The van der Waals surface area contributed by atoms with Crippen molar-refractivity contribution in [1.82, 2.24) is 9.80 Å². The molecule has 2 aliphatic heterocycles. The minimum absolute atomic E-state index is 0.125. The first-order chi connectivity index (χ1) is 13.7. The van der Waals surface area contributed by atoms with E-state index in [2.05, 4.69) is 40.1 Å². The van der Waals surface area contributed by atoms with Gasteiger partial charge in [0.2, 0.25) is 0 Å². The van der Waals surface area contributed by atoms with Gasteiger partial charge in [0, 0.05) is 30.6 Å². The molecular formula is C25H31FN2. The molecule has 3 fully saturated rings. The van der Waals surface area contributed by atoms with Gasteiger partial charge in [0.15, 0.2) is 0 Å². The Bertz CT molecular complexity index is 791. The van der Waals surface area contributed by atoms with E-state index in [9.17, 15) is 4.39 Å². The highest BCUT2D eigenvalue weighted by Gasteiger charge is 2.55. The molecular weight excluding hydrogens is 347 g/mol. The number of benzene rings is 2. The van der Waals surface area contributed by atoms with Crippen LogP contribution in [0.25, 0.3) is 0 Å². The molecule has 0 aromatic heterocycles. The molecule has 0 radical (unpaired) electrons. The van der Waals surface area contributed by atoms with E-state index in [0.29, 0.717) is 17.5 Å². The number of hydrogen-bond acceptors (Lipinski definition) is 2. The highest BCUT2D eigenvalue weighted by Crippen LogP contribution is 2.59. The van der Waals surface area contributed by atoms with Gasteiger partial charge in [-0.15, -0.1) is 0 Å². The molecule has 2 saturated heterocycles. The maximum Gasteiger partial charge on any atom is 0.123 e. The van der Waals surface area contributed by atoms with Crippen molar-refractivity contribution in [3.05, 3.63) is 71.5 Å². The average molecular weight is 379 g/mol. The van der Waals surface area contributed by atoms with Crippen LogP contribution in [0.1, 0.15) is 55.7 Å². The molecule has 1 saturated carbocycles. The van der Waals surface area contributed by atoms with Crippen LogP contribution in [0.15, 0.2) is 54.6 Å². The van der Waals surface area contributed by atoms with Gasteiger partial charge in [-0.1, -0.05) is 55.3 Å². The molecule has 1 atom stereocenters. The zero-order valence-electron chi connectivity index (χ0n) is 16.7. The van der Waals surface area contributed by atoms with Crippen molar-refractivity contribution in [3.8, 4) is 0 Å². The quantitative estimate of drug-likeness (QED) is 0.702. The van der Waals surface area contributed by atoms with E-state index in [0.717, 1.165) is 25.2 Å². The predicted octanol–water partition coefficient (Wildman–Crippen LogP) is 5.41. The van der Waals surface area contributed by atoms with Crippen LogP contribution in [-0.2, 0) is 6.54 Å². The van der Waals surface area contributed by atoms with Gasteiger partial charge in [0.05, 0.1) is 0 Å². The van der Waals surface area contributed by atoms with Gasteiger partial charge >= 0.3 is 0 Å². The minimum Gasteiger partial charge on any atom is -0.299 e. The summed E-state index contributed by atoms with van der Waals surface area (Å²) in [6, 6.07) is 19.6. The molecule has 2 heterocycles. The Hall–Kier alpha value is -1.71. The molecule has 28 heavy (non-hydrogen) atoms. The van der Waals surface area contributed by atoms with Crippen LogP contribution in [0.3, 0.4) is 0 Å². The van der Waals surface area contributed by atoms with Crippen molar-refractivity contribution in [2.45, 2.75) is 57.2 Å². The molecule has 0 N–H and O–H groups in total. The van der Waals surface area contributed by atoms with E-state index < -0.39 is 0 Å². The second-order valence-corrected chi connectivity index (χ2v) is 9.19. The summed E-state index contributed by atoms with van der Waals surface area (Å²) in [5.74, 6) is -0.125. The molecule has 1 spiro atoms. The maximum absolute atomic E-state index is 13.5. The van der Waals surface area contributed by atoms with Crippen molar-refractivity contribution in [1.29, 1.82) is 0 Å². The van der Waals surface area contributed by atoms with Crippen LogP contribution in [-0.4, -0.2) is 35.5 Å². The molecule has 0 bridgehead atoms. The van der Waals surface area contributed by atoms with Gasteiger partial charge in [0.25, 0.3) is 0 Å². The maximum atomic E-state index is 13.5. The lowest BCUT2D eigenvalue weighted by Gasteiger charge is -2.60. The highest BCUT2D eigenvalue weighted by atomic mass is 19.1. The molecule has 3 aliphatic rings. The monoisotopic (exact) mass is 378 g/mol. The summed E-state index contributed by atoms with van der Waals surface area (Å²) >= 11 is 0. The van der Waals surface area contributed by atoms with Crippen LogP contribution in [0.4, 0.5) is 4.39 Å². The van der Waals surface area contributed by atoms with E-state index in [-0.39, 0.29) is 5.82 Å². The summed E-state index contributed by atoms with van der Waals surface area (Å²) in [6.45, 7) is 4.40. The summed E-state index contributed by atoms with van der Waals surface area (Å²) in [5.41, 5.74) is 3.16. The second-order valence-electron chi connectivity index (χ2n) is 9.19. The summed E-state index contributed by atoms with van der Waals surface area (Å²) in [4.78, 5) is 5.31. The van der Waals surface area contributed by atoms with Crippen molar-refractivity contribution < 1.29 is 4.39 Å². The fourth-order valence-electron chi connectivity index (χ4n) is 6.11. The van der Waals surface area contributed by atoms with E-state index in [4.69, 9.17) is 0 Å². The number of piperidine rings is 1. The van der Waals surface area contributed by atoms with Crippen LogP contribution in [0, 0.1) is 11.2 Å². The molecule has 2 aromatic rings. The number of halogens is 1. The van der Waals surface area contributed by atoms with E-state index in [1.54, 1.807) is 6.07 Å². The Kier molecular flexibility index (Phi) is 4.98. The lowest BCUT2D eigenvalue weighted by atomic mass is 9.66. The first-order valence-corrected chi connectivity index (χ1v) is 11.0. The van der Waals surface area contributed by atoms with Crippen molar-refractivity contribution in [2.24, 2.45) is 5.41 Å². The lowest BCUT2D eigenvalue weighted by Crippen LogP contribution is -2.62. The van der Waals surface area contributed by atoms with Gasteiger partial charge < -0.3 is 0 Å². The van der Waals surface area contributed by atoms with Gasteiger partial charge in [-0.25, -0.2) is 4.39 Å². The van der Waals surface area contributed by atoms with Crippen LogP contribution < -0.4 is 0 Å². The largest absolute Gasteiger partial charge is 0.299 e. The summed E-state index contributed by atoms with van der Waals surface area (Å²) in [6.07, 6.45) is 8.08. The Labute approximate surface area is 168 Å². The first-order valence-electron chi connectivity index (χ1n) is 11.0. The predicted molar refractivity (Wildman–Crippen MR) is 111 cm³/mol. The molecule has 5 rings (SSSR count). The SMILES string of the molecule is Fc1cccc(CN2CCC(N3CC4(CCCC4)C3c3ccccc3)CC2)c1. The number of likely N-dealkylation sites (tertiary alicyclic amines) is 2. The Morgan fingerprint density at radius 3 is 2.39 bits per heavy atom. The average Bonchev–Trinajstić information content (AvgIpc) is 3.20. The third kappa shape index (κ3) is 3.40. The molecule has 2 nitrogen and oxygen atoms in total. The third-order valence-electron chi connectivity index (χ3n) is 7.45. The van der Waals surface area contributed by atoms with Crippen molar-refractivity contribution >= 4 is 0 Å². The van der Waals surface area contributed by atoms with Crippen molar-refractivity contribution in [2.75, 3.05) is 19.6 Å². The van der Waals surface area contributed by atoms with Crippen LogP contribution in [0.2, 0.25) is 0 Å². The molecule has 2 aromatic carbocycles. The standard InChI is InChI=1S/C25H31FN2/c26-22-10-6-7-20(17-22)18-27-15-11-23(12-16-27)28-19-25(13-4-5-14-25)24(28)21-8-2-1-3-9-21/h1-3,6-10,17,23-24H,4-5,11-16,18-19H2. The smallest absolute Gasteiger partial charge is 0.123 e. The van der Waals surface area contributed by atoms with Gasteiger partial charge in [-0.05, 0) is 62.0 Å². The van der Waals surface area contributed by atoms with E-state index in [1.165, 1.54) is 56.7 Å². The van der Waals surface area contributed by atoms with E-state index in [1.807, 2.05) is 12.1 Å². The van der Waals surface area contributed by atoms with Crippen LogP contribution in [0.5, 0.6) is 0 Å². The fourth-order valence-corrected chi connectivity index (χ4v) is 6.11. The third-order valence-corrected chi connectivity index (χ3v) is 7.45. The van der Waals surface area contributed by atoms with Crippen LogP contribution >= 0.6 is 0 Å². The topological polar surface area (TPSA) is 6.48 Å². The zero-order valence-corrected chi connectivity index (χ0v) is 16.7. The van der Waals surface area contributed by atoms with Gasteiger partial charge in [0.1, 0.15) is 5.82 Å². The normalized spacial score (nSPS) is 25.8. The summed E-state index contributed by atoms with van der Waals surface area (Å²) in [5, 5.41) is 0. The minimum atomic E-state index is -0.125. The van der Waals surface area contributed by atoms with E-state index >= 15 is 0 Å². The first kappa shape index (κ1) is 18.3. The Morgan fingerprint density at radius 2 is 1.68 bits per heavy atom. The molecule has 1 aliphatic carbocycles. The number of nitrogens with zero attached hydrogens (tertiary/aromatic N) is 2. The fraction of sp³-hybridized carbons (Fsp3) is 0.520. The van der Waals surface area contributed by atoms with Gasteiger partial charge in [-0.3, -0.25) is 9.80 Å². The summed E-state index contributed by atoms with van der Waals surface area (Å²) < 4.78 is 13.5. The molecule has 148 valence electrons. The highest BCUT2D eigenvalue weighted by molar-refractivity contribution is 5.27. The van der Waals surface area contributed by atoms with Gasteiger partial charge in [-0.2, -0.15) is 0 Å².